The Hall–Kier alpha value is -3.87. The lowest BCUT2D eigenvalue weighted by Crippen LogP contribution is -2.08. The summed E-state index contributed by atoms with van der Waals surface area (Å²) >= 11 is 0. The van der Waals surface area contributed by atoms with Crippen molar-refractivity contribution in [1.29, 1.82) is 0 Å². The number of hydrogen-bond donors (Lipinski definition) is 3. The quantitative estimate of drug-likeness (QED) is 0.462. The Bertz CT molecular complexity index is 1060. The molecular weight excluding hydrogens is 378 g/mol. The van der Waals surface area contributed by atoms with E-state index < -0.39 is 0 Å². The normalized spacial score (nSPS) is 12.7. The van der Waals surface area contributed by atoms with E-state index in [-0.39, 0.29) is 5.91 Å². The monoisotopic (exact) mass is 401 g/mol. The molecule has 1 aromatic heterocycles. The van der Waals surface area contributed by atoms with Crippen molar-refractivity contribution in [1.82, 2.24) is 9.97 Å². The number of ether oxygens (including phenoxy) is 1. The van der Waals surface area contributed by atoms with Gasteiger partial charge in [0.05, 0.1) is 7.11 Å². The zero-order valence-electron chi connectivity index (χ0n) is 16.7. The fourth-order valence-corrected chi connectivity index (χ4v) is 3.05. The van der Waals surface area contributed by atoms with E-state index >= 15 is 0 Å². The van der Waals surface area contributed by atoms with E-state index in [0.717, 1.165) is 41.3 Å². The molecule has 0 saturated heterocycles. The maximum atomic E-state index is 11.6. The Morgan fingerprint density at radius 3 is 2.57 bits per heavy atom. The van der Waals surface area contributed by atoms with Gasteiger partial charge in [0.1, 0.15) is 11.6 Å². The van der Waals surface area contributed by atoms with Gasteiger partial charge in [0, 0.05) is 28.8 Å². The fraction of sp³-hybridized carbons (Fsp3) is 0.174. The molecule has 1 saturated carbocycles. The summed E-state index contributed by atoms with van der Waals surface area (Å²) in [6, 6.07) is 15.1. The first kappa shape index (κ1) is 19.4. The molecule has 1 aliphatic rings. The van der Waals surface area contributed by atoms with Crippen LogP contribution in [0.4, 0.5) is 28.8 Å². The lowest BCUT2D eigenvalue weighted by atomic mass is 10.2. The van der Waals surface area contributed by atoms with E-state index in [1.165, 1.54) is 6.08 Å². The second kappa shape index (κ2) is 8.65. The van der Waals surface area contributed by atoms with Crippen molar-refractivity contribution in [3.63, 3.8) is 0 Å². The van der Waals surface area contributed by atoms with E-state index in [2.05, 4.69) is 27.5 Å². The highest BCUT2D eigenvalue weighted by Crippen LogP contribution is 2.43. The number of rotatable bonds is 8. The molecule has 0 unspecified atom stereocenters. The average Bonchev–Trinajstić information content (AvgIpc) is 3.60. The van der Waals surface area contributed by atoms with Gasteiger partial charge in [-0.1, -0.05) is 12.6 Å². The van der Waals surface area contributed by atoms with Crippen LogP contribution in [0.5, 0.6) is 5.75 Å². The number of carbonyl (C=O) groups excluding carboxylic acids is 1. The second-order valence-corrected chi connectivity index (χ2v) is 7.02. The van der Waals surface area contributed by atoms with E-state index in [9.17, 15) is 4.79 Å². The van der Waals surface area contributed by atoms with Gasteiger partial charge in [-0.25, -0.2) is 4.98 Å². The Morgan fingerprint density at radius 1 is 1.10 bits per heavy atom. The molecule has 0 bridgehead atoms. The first-order valence-electron chi connectivity index (χ1n) is 9.73. The lowest BCUT2D eigenvalue weighted by molar-refractivity contribution is -0.111. The number of hydrogen-bond acceptors (Lipinski definition) is 6. The third-order valence-corrected chi connectivity index (χ3v) is 4.76. The summed E-state index contributed by atoms with van der Waals surface area (Å²) in [4.78, 5) is 20.8. The lowest BCUT2D eigenvalue weighted by Gasteiger charge is -2.14. The number of anilines is 5. The summed E-state index contributed by atoms with van der Waals surface area (Å²) in [5, 5.41) is 9.38. The average molecular weight is 401 g/mol. The Morgan fingerprint density at radius 2 is 1.87 bits per heavy atom. The first-order valence-corrected chi connectivity index (χ1v) is 9.73. The Balaban J connectivity index is 1.56. The van der Waals surface area contributed by atoms with E-state index in [1.54, 1.807) is 7.11 Å². The molecular formula is C23H23N5O2. The third-order valence-electron chi connectivity index (χ3n) is 4.76. The van der Waals surface area contributed by atoms with Gasteiger partial charge in [0.2, 0.25) is 11.9 Å². The van der Waals surface area contributed by atoms with Crippen LogP contribution < -0.4 is 20.7 Å². The molecule has 7 nitrogen and oxygen atoms in total. The van der Waals surface area contributed by atoms with Gasteiger partial charge in [-0.15, -0.1) is 0 Å². The highest BCUT2D eigenvalue weighted by molar-refractivity contribution is 5.99. The molecule has 30 heavy (non-hydrogen) atoms. The summed E-state index contributed by atoms with van der Waals surface area (Å²) < 4.78 is 5.19. The minimum absolute atomic E-state index is 0.251. The van der Waals surface area contributed by atoms with Crippen LogP contribution in [0.1, 0.15) is 24.3 Å². The summed E-state index contributed by atoms with van der Waals surface area (Å²) in [6.07, 6.45) is 5.40. The molecule has 3 N–H and O–H groups in total. The highest BCUT2D eigenvalue weighted by Gasteiger charge is 2.27. The van der Waals surface area contributed by atoms with Crippen LogP contribution >= 0.6 is 0 Å². The molecule has 0 atom stereocenters. The second-order valence-electron chi connectivity index (χ2n) is 7.02. The number of nitrogens with one attached hydrogen (secondary N) is 3. The van der Waals surface area contributed by atoms with Crippen molar-refractivity contribution in [3.05, 3.63) is 72.9 Å². The summed E-state index contributed by atoms with van der Waals surface area (Å²) in [5.74, 6) is 2.28. The molecule has 152 valence electrons. The summed E-state index contributed by atoms with van der Waals surface area (Å²) in [7, 11) is 1.64. The van der Waals surface area contributed by atoms with Crippen molar-refractivity contribution in [2.75, 3.05) is 23.1 Å². The molecule has 1 heterocycles. The zero-order chi connectivity index (χ0) is 20.9. The van der Waals surface area contributed by atoms with Gasteiger partial charge in [0.15, 0.2) is 0 Å². The summed E-state index contributed by atoms with van der Waals surface area (Å²) in [6.45, 7) is 3.48. The smallest absolute Gasteiger partial charge is 0.247 e. The highest BCUT2D eigenvalue weighted by atomic mass is 16.5. The fourth-order valence-electron chi connectivity index (χ4n) is 3.05. The van der Waals surface area contributed by atoms with Crippen molar-refractivity contribution >= 4 is 34.7 Å². The Kier molecular flexibility index (Phi) is 5.61. The number of carbonyl (C=O) groups is 1. The molecule has 2 aromatic carbocycles. The molecule has 1 amide bonds. The first-order chi connectivity index (χ1) is 14.6. The minimum Gasteiger partial charge on any atom is -0.497 e. The van der Waals surface area contributed by atoms with Crippen LogP contribution in [0.3, 0.4) is 0 Å². The SMILES string of the molecule is C=CC(=O)Nc1cccc(Nc2nc(Nc3ccc(OC)cc3)ncc2C2CC2)c1. The maximum Gasteiger partial charge on any atom is 0.247 e. The maximum absolute atomic E-state index is 11.6. The van der Waals surface area contributed by atoms with Gasteiger partial charge in [-0.2, -0.15) is 4.98 Å². The van der Waals surface area contributed by atoms with E-state index in [0.29, 0.717) is 17.6 Å². The molecule has 1 aliphatic carbocycles. The van der Waals surface area contributed by atoms with Gasteiger partial charge in [-0.05, 0) is 67.3 Å². The Labute approximate surface area is 175 Å². The predicted octanol–water partition coefficient (Wildman–Crippen LogP) is 4.97. The van der Waals surface area contributed by atoms with Gasteiger partial charge < -0.3 is 20.7 Å². The van der Waals surface area contributed by atoms with Crippen molar-refractivity contribution < 1.29 is 9.53 Å². The summed E-state index contributed by atoms with van der Waals surface area (Å²) in [5.41, 5.74) is 3.47. The number of methoxy groups -OCH3 is 1. The van der Waals surface area contributed by atoms with Crippen LogP contribution in [0, 0.1) is 0 Å². The topological polar surface area (TPSA) is 88.2 Å². The molecule has 3 aromatic rings. The number of nitrogens with zero attached hydrogens (tertiary/aromatic N) is 2. The van der Waals surface area contributed by atoms with Crippen LogP contribution in [-0.4, -0.2) is 23.0 Å². The number of benzene rings is 2. The van der Waals surface area contributed by atoms with Crippen LogP contribution in [-0.2, 0) is 4.79 Å². The predicted molar refractivity (Wildman–Crippen MR) is 119 cm³/mol. The molecule has 0 aliphatic heterocycles. The van der Waals surface area contributed by atoms with E-state index in [4.69, 9.17) is 9.72 Å². The molecule has 4 rings (SSSR count). The molecule has 1 fully saturated rings. The van der Waals surface area contributed by atoms with Gasteiger partial charge >= 0.3 is 0 Å². The van der Waals surface area contributed by atoms with E-state index in [1.807, 2.05) is 54.7 Å². The molecule has 0 spiro atoms. The van der Waals surface area contributed by atoms with Crippen molar-refractivity contribution in [3.8, 4) is 5.75 Å². The standard InChI is InChI=1S/C23H23N5O2/c1-3-21(29)25-17-5-4-6-18(13-17)26-22-20(15-7-8-15)14-24-23(28-22)27-16-9-11-19(30-2)12-10-16/h3-6,9-15H,1,7-8H2,2H3,(H,25,29)(H2,24,26,27,28). The van der Waals surface area contributed by atoms with Crippen LogP contribution in [0.2, 0.25) is 0 Å². The minimum atomic E-state index is -0.251. The van der Waals surface area contributed by atoms with Gasteiger partial charge in [-0.3, -0.25) is 4.79 Å². The largest absolute Gasteiger partial charge is 0.497 e. The number of aromatic nitrogens is 2. The van der Waals surface area contributed by atoms with Crippen molar-refractivity contribution in [2.24, 2.45) is 0 Å². The van der Waals surface area contributed by atoms with Crippen LogP contribution in [0.15, 0.2) is 67.4 Å². The number of amides is 1. The third kappa shape index (κ3) is 4.75. The van der Waals surface area contributed by atoms with Crippen molar-refractivity contribution in [2.45, 2.75) is 18.8 Å². The molecule has 7 heteroatoms. The zero-order valence-corrected chi connectivity index (χ0v) is 16.7. The van der Waals surface area contributed by atoms with Crippen LogP contribution in [0.25, 0.3) is 0 Å². The van der Waals surface area contributed by atoms with Gasteiger partial charge in [0.25, 0.3) is 0 Å². The molecule has 0 radical (unpaired) electrons.